The molecule has 0 radical (unpaired) electrons. The van der Waals surface area contributed by atoms with Crippen LogP contribution in [0.2, 0.25) is 0 Å². The molecule has 1 fully saturated rings. The summed E-state index contributed by atoms with van der Waals surface area (Å²) in [6, 6.07) is 0. The second kappa shape index (κ2) is 2.43. The van der Waals surface area contributed by atoms with Crippen LogP contribution in [-0.4, -0.2) is 30.2 Å². The number of carbonyl (C=O) groups excluding carboxylic acids is 1. The number of hydrogen-bond donors (Lipinski definition) is 1. The van der Waals surface area contributed by atoms with Crippen LogP contribution in [0, 0.1) is 5.92 Å². The number of carbonyl (C=O) groups is 1. The zero-order chi connectivity index (χ0) is 7.84. The molecule has 0 amide bonds. The number of ether oxygens (including phenoxy) is 1. The van der Waals surface area contributed by atoms with Crippen LogP contribution in [0.5, 0.6) is 0 Å². The van der Waals surface area contributed by atoms with Gasteiger partial charge in [0.1, 0.15) is 0 Å². The second-order valence-corrected chi connectivity index (χ2v) is 3.06. The average molecular weight is 154 g/mol. The lowest BCUT2D eigenvalue weighted by Crippen LogP contribution is -2.30. The Hall–Kier alpha value is -0.670. The maximum atomic E-state index is 10.9. The minimum atomic E-state index is -0.541. The molecule has 0 aromatic rings. The van der Waals surface area contributed by atoms with E-state index in [0.717, 1.165) is 5.57 Å². The molecule has 3 nitrogen and oxygen atoms in total. The molecule has 3 heteroatoms. The highest BCUT2D eigenvalue weighted by molar-refractivity contribution is 5.93. The van der Waals surface area contributed by atoms with Crippen LogP contribution in [0.25, 0.3) is 0 Å². The summed E-state index contributed by atoms with van der Waals surface area (Å²) in [7, 11) is 0. The van der Waals surface area contributed by atoms with Gasteiger partial charge in [0, 0.05) is 12.3 Å². The van der Waals surface area contributed by atoms with Crippen LogP contribution in [0.15, 0.2) is 11.6 Å². The van der Waals surface area contributed by atoms with Gasteiger partial charge in [-0.3, -0.25) is 4.79 Å². The molecule has 1 aliphatic heterocycles. The Labute approximate surface area is 64.7 Å². The number of rotatable bonds is 0. The number of aliphatic hydroxyl groups is 1. The molecule has 1 heterocycles. The van der Waals surface area contributed by atoms with Crippen LogP contribution in [0.4, 0.5) is 0 Å². The quantitative estimate of drug-likeness (QED) is 0.529. The molecular formula is C8H10O3. The molecule has 60 valence electrons. The van der Waals surface area contributed by atoms with Crippen molar-refractivity contribution in [2.45, 2.75) is 12.5 Å². The zero-order valence-corrected chi connectivity index (χ0v) is 6.12. The summed E-state index contributed by atoms with van der Waals surface area (Å²) >= 11 is 0. The Morgan fingerprint density at radius 2 is 2.36 bits per heavy atom. The molecule has 2 rings (SSSR count). The van der Waals surface area contributed by atoms with Crippen LogP contribution in [0.1, 0.15) is 6.42 Å². The van der Waals surface area contributed by atoms with Crippen molar-refractivity contribution < 1.29 is 14.6 Å². The fourth-order valence-corrected chi connectivity index (χ4v) is 1.66. The van der Waals surface area contributed by atoms with Crippen molar-refractivity contribution in [3.63, 3.8) is 0 Å². The highest BCUT2D eigenvalue weighted by Gasteiger charge is 2.32. The largest absolute Gasteiger partial charge is 0.386 e. The summed E-state index contributed by atoms with van der Waals surface area (Å²) in [5.41, 5.74) is 0.876. The van der Waals surface area contributed by atoms with E-state index in [4.69, 9.17) is 4.74 Å². The van der Waals surface area contributed by atoms with E-state index in [1.54, 1.807) is 6.08 Å². The molecule has 2 aliphatic rings. The zero-order valence-electron chi connectivity index (χ0n) is 6.12. The lowest BCUT2D eigenvalue weighted by molar-refractivity contribution is -0.114. The Kier molecular flexibility index (Phi) is 1.55. The number of ketones is 1. The lowest BCUT2D eigenvalue weighted by atomic mass is 9.96. The van der Waals surface area contributed by atoms with Gasteiger partial charge in [-0.1, -0.05) is 0 Å². The van der Waals surface area contributed by atoms with Crippen molar-refractivity contribution in [1.29, 1.82) is 0 Å². The predicted molar refractivity (Wildman–Crippen MR) is 38.0 cm³/mol. The van der Waals surface area contributed by atoms with E-state index in [1.165, 1.54) is 0 Å². The van der Waals surface area contributed by atoms with E-state index in [0.29, 0.717) is 19.6 Å². The van der Waals surface area contributed by atoms with E-state index < -0.39 is 6.10 Å². The van der Waals surface area contributed by atoms with Crippen LogP contribution in [-0.2, 0) is 9.53 Å². The number of hydrogen-bond acceptors (Lipinski definition) is 3. The minimum Gasteiger partial charge on any atom is -0.386 e. The van der Waals surface area contributed by atoms with Crippen molar-refractivity contribution in [2.75, 3.05) is 13.2 Å². The molecule has 0 spiro atoms. The highest BCUT2D eigenvalue weighted by Crippen LogP contribution is 2.29. The molecule has 0 saturated carbocycles. The summed E-state index contributed by atoms with van der Waals surface area (Å²) in [5.74, 6) is 0.279. The molecule has 2 atom stereocenters. The van der Waals surface area contributed by atoms with Gasteiger partial charge in [-0.15, -0.1) is 0 Å². The van der Waals surface area contributed by atoms with Crippen molar-refractivity contribution in [3.8, 4) is 0 Å². The Bertz CT molecular complexity index is 219. The van der Waals surface area contributed by atoms with Gasteiger partial charge in [-0.05, 0) is 11.6 Å². The maximum absolute atomic E-state index is 10.9. The summed E-state index contributed by atoms with van der Waals surface area (Å²) in [4.78, 5) is 10.9. The van der Waals surface area contributed by atoms with Crippen LogP contribution < -0.4 is 0 Å². The van der Waals surface area contributed by atoms with Crippen molar-refractivity contribution in [1.82, 2.24) is 0 Å². The van der Waals surface area contributed by atoms with Gasteiger partial charge in [-0.25, -0.2) is 0 Å². The first kappa shape index (κ1) is 7.00. The summed E-state index contributed by atoms with van der Waals surface area (Å²) in [6.07, 6.45) is 1.55. The van der Waals surface area contributed by atoms with Gasteiger partial charge < -0.3 is 9.84 Å². The average Bonchev–Trinajstić information content (AvgIpc) is 2.31. The summed E-state index contributed by atoms with van der Waals surface area (Å²) < 4.78 is 5.10. The number of aliphatic hydroxyl groups excluding tert-OH is 1. The first-order valence-electron chi connectivity index (χ1n) is 3.77. The highest BCUT2D eigenvalue weighted by atomic mass is 16.5. The predicted octanol–water partition coefficient (Wildman–Crippen LogP) is -0.107. The maximum Gasteiger partial charge on any atom is 0.156 e. The molecule has 2 unspecified atom stereocenters. The third-order valence-corrected chi connectivity index (χ3v) is 2.23. The molecule has 11 heavy (non-hydrogen) atoms. The van der Waals surface area contributed by atoms with E-state index in [9.17, 15) is 9.90 Å². The van der Waals surface area contributed by atoms with Gasteiger partial charge in [0.25, 0.3) is 0 Å². The third-order valence-electron chi connectivity index (χ3n) is 2.23. The van der Waals surface area contributed by atoms with Gasteiger partial charge in [0.2, 0.25) is 0 Å². The first-order valence-corrected chi connectivity index (χ1v) is 3.77. The Morgan fingerprint density at radius 1 is 1.55 bits per heavy atom. The molecule has 0 bridgehead atoms. The van der Waals surface area contributed by atoms with E-state index in [-0.39, 0.29) is 11.7 Å². The normalized spacial score (nSPS) is 36.8. The second-order valence-electron chi connectivity index (χ2n) is 3.06. The van der Waals surface area contributed by atoms with E-state index in [1.807, 2.05) is 0 Å². The molecule has 1 saturated heterocycles. The minimum absolute atomic E-state index is 0.120. The fourth-order valence-electron chi connectivity index (χ4n) is 1.66. The smallest absolute Gasteiger partial charge is 0.156 e. The van der Waals surface area contributed by atoms with Crippen molar-refractivity contribution >= 4 is 5.78 Å². The fraction of sp³-hybridized carbons (Fsp3) is 0.625. The monoisotopic (exact) mass is 154 g/mol. The standard InChI is InChI=1S/C8H10O3/c9-6-1-5-3-11-4-8(10)7(5)2-6/h2,5,8,10H,1,3-4H2. The van der Waals surface area contributed by atoms with Gasteiger partial charge in [-0.2, -0.15) is 0 Å². The molecule has 1 N–H and O–H groups in total. The van der Waals surface area contributed by atoms with E-state index >= 15 is 0 Å². The third kappa shape index (κ3) is 1.10. The SMILES string of the molecule is O=C1C=C2C(O)COCC2C1. The molecule has 0 aromatic heterocycles. The Morgan fingerprint density at radius 3 is 3.09 bits per heavy atom. The van der Waals surface area contributed by atoms with Crippen molar-refractivity contribution in [2.24, 2.45) is 5.92 Å². The van der Waals surface area contributed by atoms with E-state index in [2.05, 4.69) is 0 Å². The first-order chi connectivity index (χ1) is 5.27. The summed E-state index contributed by atoms with van der Waals surface area (Å²) in [6.45, 7) is 0.935. The van der Waals surface area contributed by atoms with Crippen LogP contribution in [0.3, 0.4) is 0 Å². The molecular weight excluding hydrogens is 144 g/mol. The topological polar surface area (TPSA) is 46.5 Å². The van der Waals surface area contributed by atoms with Gasteiger partial charge in [0.05, 0.1) is 19.3 Å². The van der Waals surface area contributed by atoms with Gasteiger partial charge in [0.15, 0.2) is 5.78 Å². The lowest BCUT2D eigenvalue weighted by Gasteiger charge is -2.25. The number of fused-ring (bicyclic) bond motifs is 1. The van der Waals surface area contributed by atoms with Crippen LogP contribution >= 0.6 is 0 Å². The molecule has 1 aliphatic carbocycles. The summed E-state index contributed by atoms with van der Waals surface area (Å²) in [5, 5.41) is 9.35. The Balaban J connectivity index is 2.22. The van der Waals surface area contributed by atoms with Crippen molar-refractivity contribution in [3.05, 3.63) is 11.6 Å². The van der Waals surface area contributed by atoms with Gasteiger partial charge >= 0.3 is 0 Å². The number of allylic oxidation sites excluding steroid dienone is 1. The molecule has 0 aromatic carbocycles.